The third-order valence-electron chi connectivity index (χ3n) is 3.59. The van der Waals surface area contributed by atoms with Crippen LogP contribution in [-0.2, 0) is 16.0 Å². The van der Waals surface area contributed by atoms with Crippen LogP contribution >= 0.6 is 0 Å². The molecule has 0 radical (unpaired) electrons. The van der Waals surface area contributed by atoms with E-state index < -0.39 is 11.4 Å². The van der Waals surface area contributed by atoms with Crippen LogP contribution in [0.3, 0.4) is 0 Å². The Labute approximate surface area is 112 Å². The molecule has 19 heavy (non-hydrogen) atoms. The van der Waals surface area contributed by atoms with Crippen molar-refractivity contribution in [3.8, 4) is 0 Å². The molecule has 1 unspecified atom stereocenters. The van der Waals surface area contributed by atoms with E-state index in [2.05, 4.69) is 15.5 Å². The van der Waals surface area contributed by atoms with Crippen LogP contribution in [0.1, 0.15) is 37.2 Å². The second-order valence-electron chi connectivity index (χ2n) is 5.09. The van der Waals surface area contributed by atoms with Gasteiger partial charge in [0, 0.05) is 17.8 Å². The predicted molar refractivity (Wildman–Crippen MR) is 70.8 cm³/mol. The van der Waals surface area contributed by atoms with Crippen LogP contribution in [0.15, 0.2) is 0 Å². The molecule has 0 spiro atoms. The molecular weight excluding hydrogens is 246 g/mol. The van der Waals surface area contributed by atoms with E-state index in [1.54, 1.807) is 13.8 Å². The van der Waals surface area contributed by atoms with Crippen LogP contribution < -0.4 is 5.32 Å². The Hall–Kier alpha value is -1.85. The minimum absolute atomic E-state index is 0.133. The lowest BCUT2D eigenvalue weighted by Crippen LogP contribution is -2.41. The fourth-order valence-corrected chi connectivity index (χ4v) is 1.70. The van der Waals surface area contributed by atoms with E-state index in [9.17, 15) is 9.59 Å². The van der Waals surface area contributed by atoms with Gasteiger partial charge in [0.2, 0.25) is 5.91 Å². The summed E-state index contributed by atoms with van der Waals surface area (Å²) in [6, 6.07) is 0. The van der Waals surface area contributed by atoms with E-state index in [0.29, 0.717) is 6.42 Å². The Kier molecular flexibility index (Phi) is 4.69. The standard InChI is InChI=1S/C13H21N3O3/c1-5-13(4,12(18)19)7-14-11(17)6-10-8(2)15-16-9(10)3/h5-7H2,1-4H3,(H,14,17)(H,15,16)(H,18,19). The summed E-state index contributed by atoms with van der Waals surface area (Å²) in [5.74, 6) is -1.08. The zero-order valence-corrected chi connectivity index (χ0v) is 11.8. The quantitative estimate of drug-likeness (QED) is 0.721. The minimum Gasteiger partial charge on any atom is -0.481 e. The first-order chi connectivity index (χ1) is 8.80. The summed E-state index contributed by atoms with van der Waals surface area (Å²) < 4.78 is 0. The second kappa shape index (κ2) is 5.86. The van der Waals surface area contributed by atoms with Crippen LogP contribution in [0.25, 0.3) is 0 Å². The number of aryl methyl sites for hydroxylation is 2. The van der Waals surface area contributed by atoms with Gasteiger partial charge in [0.15, 0.2) is 0 Å². The van der Waals surface area contributed by atoms with E-state index in [0.717, 1.165) is 17.0 Å². The zero-order chi connectivity index (χ0) is 14.6. The maximum Gasteiger partial charge on any atom is 0.311 e. The van der Waals surface area contributed by atoms with Gasteiger partial charge in [-0.1, -0.05) is 6.92 Å². The first kappa shape index (κ1) is 15.2. The van der Waals surface area contributed by atoms with Crippen molar-refractivity contribution in [2.45, 2.75) is 40.5 Å². The smallest absolute Gasteiger partial charge is 0.311 e. The minimum atomic E-state index is -0.920. The summed E-state index contributed by atoms with van der Waals surface area (Å²) in [6.07, 6.45) is 0.681. The van der Waals surface area contributed by atoms with Gasteiger partial charge in [0.1, 0.15) is 0 Å². The number of carboxylic acid groups (broad SMARTS) is 1. The molecule has 1 atom stereocenters. The van der Waals surface area contributed by atoms with Gasteiger partial charge in [-0.3, -0.25) is 14.7 Å². The van der Waals surface area contributed by atoms with Crippen molar-refractivity contribution in [2.24, 2.45) is 5.41 Å². The third-order valence-corrected chi connectivity index (χ3v) is 3.59. The summed E-state index contributed by atoms with van der Waals surface area (Å²) in [5.41, 5.74) is 1.61. The van der Waals surface area contributed by atoms with Crippen LogP contribution in [0.2, 0.25) is 0 Å². The number of aliphatic carboxylic acids is 1. The Morgan fingerprint density at radius 3 is 2.47 bits per heavy atom. The first-order valence-electron chi connectivity index (χ1n) is 6.30. The maximum absolute atomic E-state index is 11.9. The molecule has 6 nitrogen and oxygen atoms in total. The monoisotopic (exact) mass is 267 g/mol. The molecule has 0 aliphatic carbocycles. The molecule has 1 rings (SSSR count). The topological polar surface area (TPSA) is 95.1 Å². The number of aromatic nitrogens is 2. The average molecular weight is 267 g/mol. The summed E-state index contributed by atoms with van der Waals surface area (Å²) in [5, 5.41) is 18.7. The highest BCUT2D eigenvalue weighted by Crippen LogP contribution is 2.20. The summed E-state index contributed by atoms with van der Waals surface area (Å²) >= 11 is 0. The van der Waals surface area contributed by atoms with Gasteiger partial charge < -0.3 is 10.4 Å². The molecule has 0 saturated carbocycles. The lowest BCUT2D eigenvalue weighted by Gasteiger charge is -2.23. The van der Waals surface area contributed by atoms with Gasteiger partial charge in [0.25, 0.3) is 0 Å². The molecule has 0 fully saturated rings. The van der Waals surface area contributed by atoms with Gasteiger partial charge in [-0.05, 0) is 27.2 Å². The lowest BCUT2D eigenvalue weighted by molar-refractivity contribution is -0.148. The molecule has 0 aromatic carbocycles. The summed E-state index contributed by atoms with van der Waals surface area (Å²) in [4.78, 5) is 23.0. The normalized spacial score (nSPS) is 13.9. The number of nitrogens with one attached hydrogen (secondary N) is 2. The average Bonchev–Trinajstić information content (AvgIpc) is 2.67. The van der Waals surface area contributed by atoms with Crippen LogP contribution in [0, 0.1) is 19.3 Å². The summed E-state index contributed by atoms with van der Waals surface area (Å²) in [6.45, 7) is 7.25. The van der Waals surface area contributed by atoms with Gasteiger partial charge >= 0.3 is 5.97 Å². The molecule has 106 valence electrons. The number of aromatic amines is 1. The zero-order valence-electron chi connectivity index (χ0n) is 11.8. The van der Waals surface area contributed by atoms with Gasteiger partial charge in [-0.25, -0.2) is 0 Å². The Balaban J connectivity index is 2.60. The van der Waals surface area contributed by atoms with Crippen molar-refractivity contribution in [3.63, 3.8) is 0 Å². The molecule has 6 heteroatoms. The highest BCUT2D eigenvalue weighted by Gasteiger charge is 2.31. The fourth-order valence-electron chi connectivity index (χ4n) is 1.70. The molecule has 1 aromatic rings. The lowest BCUT2D eigenvalue weighted by atomic mass is 9.87. The number of carbonyl (C=O) groups is 2. The van der Waals surface area contributed by atoms with Crippen molar-refractivity contribution in [2.75, 3.05) is 6.54 Å². The number of carboxylic acids is 1. The highest BCUT2D eigenvalue weighted by molar-refractivity contribution is 5.80. The largest absolute Gasteiger partial charge is 0.481 e. The molecule has 0 bridgehead atoms. The molecule has 3 N–H and O–H groups in total. The van der Waals surface area contributed by atoms with Crippen molar-refractivity contribution >= 4 is 11.9 Å². The number of rotatable bonds is 6. The molecular formula is C13H21N3O3. The maximum atomic E-state index is 11.9. The third kappa shape index (κ3) is 3.56. The number of nitrogens with zero attached hydrogens (tertiary/aromatic N) is 1. The highest BCUT2D eigenvalue weighted by atomic mass is 16.4. The van der Waals surface area contributed by atoms with E-state index in [1.165, 1.54) is 0 Å². The Bertz CT molecular complexity index is 462. The molecule has 0 aliphatic heterocycles. The van der Waals surface area contributed by atoms with Gasteiger partial charge in [-0.2, -0.15) is 5.10 Å². The second-order valence-corrected chi connectivity index (χ2v) is 5.09. The molecule has 0 saturated heterocycles. The SMILES string of the molecule is CCC(C)(CNC(=O)Cc1c(C)n[nH]c1C)C(=O)O. The number of hydrogen-bond acceptors (Lipinski definition) is 3. The summed E-state index contributed by atoms with van der Waals surface area (Å²) in [7, 11) is 0. The van der Waals surface area contributed by atoms with Gasteiger partial charge in [0.05, 0.1) is 17.5 Å². The van der Waals surface area contributed by atoms with Crippen LogP contribution in [0.4, 0.5) is 0 Å². The van der Waals surface area contributed by atoms with E-state index in [-0.39, 0.29) is 18.9 Å². The fraction of sp³-hybridized carbons (Fsp3) is 0.615. The Morgan fingerprint density at radius 1 is 1.42 bits per heavy atom. The molecule has 1 heterocycles. The van der Waals surface area contributed by atoms with Crippen molar-refractivity contribution in [1.82, 2.24) is 15.5 Å². The molecule has 1 aromatic heterocycles. The number of hydrogen-bond donors (Lipinski definition) is 3. The first-order valence-corrected chi connectivity index (χ1v) is 6.30. The number of amides is 1. The van der Waals surface area contributed by atoms with E-state index >= 15 is 0 Å². The Morgan fingerprint density at radius 2 is 2.05 bits per heavy atom. The van der Waals surface area contributed by atoms with E-state index in [4.69, 9.17) is 5.11 Å². The van der Waals surface area contributed by atoms with Crippen LogP contribution in [-0.4, -0.2) is 33.7 Å². The number of carbonyl (C=O) groups excluding carboxylic acids is 1. The van der Waals surface area contributed by atoms with E-state index in [1.807, 2.05) is 13.8 Å². The van der Waals surface area contributed by atoms with Gasteiger partial charge in [-0.15, -0.1) is 0 Å². The van der Waals surface area contributed by atoms with Crippen LogP contribution in [0.5, 0.6) is 0 Å². The van der Waals surface area contributed by atoms with Crippen molar-refractivity contribution < 1.29 is 14.7 Å². The number of H-pyrrole nitrogens is 1. The molecule has 0 aliphatic rings. The predicted octanol–water partition coefficient (Wildman–Crippen LogP) is 1.19. The van der Waals surface area contributed by atoms with Crippen molar-refractivity contribution in [3.05, 3.63) is 17.0 Å². The van der Waals surface area contributed by atoms with Crippen molar-refractivity contribution in [1.29, 1.82) is 0 Å². The molecule has 1 amide bonds.